The Morgan fingerprint density at radius 2 is 1.73 bits per heavy atom. The lowest BCUT2D eigenvalue weighted by Crippen LogP contribution is -2.52. The maximum absolute atomic E-state index is 10.4. The smallest absolute Gasteiger partial charge is 0.257 e. The second-order valence-corrected chi connectivity index (χ2v) is 14.3. The van der Waals surface area contributed by atoms with E-state index in [0.29, 0.717) is 53.0 Å². The Kier molecular flexibility index (Phi) is 9.54. The average Bonchev–Trinajstić information content (AvgIpc) is 3.79. The number of nitrogens with one attached hydrogen (secondary N) is 1. The maximum Gasteiger partial charge on any atom is 0.257 e. The first-order valence-electron chi connectivity index (χ1n) is 16.9. The second kappa shape index (κ2) is 14.0. The zero-order chi connectivity index (χ0) is 33.3. The summed E-state index contributed by atoms with van der Waals surface area (Å²) in [6, 6.07) is 7.64. The highest BCUT2D eigenvalue weighted by molar-refractivity contribution is 6.32. The number of aliphatic hydroxyl groups is 1. The first-order valence-corrected chi connectivity index (χ1v) is 17.2. The number of morpholine rings is 1. The maximum atomic E-state index is 10.4. The predicted octanol–water partition coefficient (Wildman–Crippen LogP) is 5.29. The van der Waals surface area contributed by atoms with Crippen LogP contribution in [0.2, 0.25) is 5.02 Å². The van der Waals surface area contributed by atoms with Gasteiger partial charge in [-0.05, 0) is 77.0 Å². The summed E-state index contributed by atoms with van der Waals surface area (Å²) in [5, 5.41) is 23.2. The number of aromatic nitrogens is 7. The molecule has 3 aromatic heterocycles. The van der Waals surface area contributed by atoms with E-state index in [4.69, 9.17) is 30.9 Å². The molecule has 0 amide bonds. The molecule has 4 aromatic rings. The van der Waals surface area contributed by atoms with Gasteiger partial charge in [-0.15, -0.1) is 5.10 Å². The molecule has 48 heavy (non-hydrogen) atoms. The van der Waals surface area contributed by atoms with Crippen LogP contribution < -0.4 is 14.8 Å². The molecule has 2 aliphatic heterocycles. The van der Waals surface area contributed by atoms with Crippen LogP contribution >= 0.6 is 11.6 Å². The van der Waals surface area contributed by atoms with Crippen molar-refractivity contribution in [3.63, 3.8) is 0 Å². The van der Waals surface area contributed by atoms with Gasteiger partial charge < -0.3 is 24.6 Å². The number of rotatable bonds is 12. The average molecular weight is 678 g/mol. The summed E-state index contributed by atoms with van der Waals surface area (Å²) < 4.78 is 21.7. The molecule has 1 aliphatic carbocycles. The van der Waals surface area contributed by atoms with Crippen molar-refractivity contribution >= 4 is 23.2 Å². The lowest BCUT2D eigenvalue weighted by Gasteiger charge is -2.43. The lowest BCUT2D eigenvalue weighted by atomic mass is 9.89. The minimum Gasteiger partial charge on any atom is -0.487 e. The molecule has 256 valence electrons. The zero-order valence-corrected chi connectivity index (χ0v) is 28.5. The van der Waals surface area contributed by atoms with Gasteiger partial charge >= 0.3 is 0 Å². The van der Waals surface area contributed by atoms with Crippen LogP contribution in [0.15, 0.2) is 49.4 Å². The molecular weight excluding hydrogens is 634 g/mol. The van der Waals surface area contributed by atoms with Gasteiger partial charge in [-0.2, -0.15) is 5.10 Å². The molecule has 7 rings (SSSR count). The van der Waals surface area contributed by atoms with Crippen LogP contribution in [0.3, 0.4) is 0 Å². The SMILES string of the molecule is C[C@@H](Cn1cncn1)Oc1cc(-c2cnc(Nc3cn(C4CCC(N5[C@@H]6CC[C@H]5COC6)CC4)nc3OCC(C)(C)O)nc2)ccc1Cl. The Labute approximate surface area is 285 Å². The van der Waals surface area contributed by atoms with Gasteiger partial charge in [0, 0.05) is 36.1 Å². The van der Waals surface area contributed by atoms with Gasteiger partial charge in [0.25, 0.3) is 5.88 Å². The summed E-state index contributed by atoms with van der Waals surface area (Å²) in [5.74, 6) is 1.39. The van der Waals surface area contributed by atoms with Crippen molar-refractivity contribution in [2.75, 3.05) is 25.1 Å². The van der Waals surface area contributed by atoms with Gasteiger partial charge in [0.1, 0.15) is 36.8 Å². The van der Waals surface area contributed by atoms with Crippen LogP contribution in [0.25, 0.3) is 11.1 Å². The molecule has 0 spiro atoms. The van der Waals surface area contributed by atoms with Crippen molar-refractivity contribution in [2.45, 2.75) is 102 Å². The molecule has 3 atom stereocenters. The fourth-order valence-electron chi connectivity index (χ4n) is 7.16. The molecule has 0 unspecified atom stereocenters. The summed E-state index contributed by atoms with van der Waals surface area (Å²) in [4.78, 5) is 15.9. The van der Waals surface area contributed by atoms with Crippen molar-refractivity contribution in [2.24, 2.45) is 0 Å². The fourth-order valence-corrected chi connectivity index (χ4v) is 7.32. The van der Waals surface area contributed by atoms with Gasteiger partial charge in [-0.1, -0.05) is 17.7 Å². The van der Waals surface area contributed by atoms with Crippen LogP contribution in [0, 0.1) is 0 Å². The highest BCUT2D eigenvalue weighted by atomic mass is 35.5. The minimum atomic E-state index is -1.01. The Hall–Kier alpha value is -3.78. The predicted molar refractivity (Wildman–Crippen MR) is 181 cm³/mol. The molecule has 0 radical (unpaired) electrons. The summed E-state index contributed by atoms with van der Waals surface area (Å²) >= 11 is 6.47. The van der Waals surface area contributed by atoms with Crippen LogP contribution in [0.5, 0.6) is 11.6 Å². The Morgan fingerprint density at radius 1 is 1.02 bits per heavy atom. The van der Waals surface area contributed by atoms with E-state index < -0.39 is 5.60 Å². The number of ether oxygens (including phenoxy) is 3. The molecule has 14 heteroatoms. The van der Waals surface area contributed by atoms with Crippen molar-refractivity contribution in [3.05, 3.63) is 54.5 Å². The minimum absolute atomic E-state index is 0.101. The van der Waals surface area contributed by atoms with Gasteiger partial charge in [0.05, 0.1) is 42.6 Å². The molecule has 13 nitrogen and oxygen atoms in total. The van der Waals surface area contributed by atoms with Gasteiger partial charge in [-0.25, -0.2) is 19.6 Å². The number of hydrogen-bond acceptors (Lipinski definition) is 11. The monoisotopic (exact) mass is 677 g/mol. The third kappa shape index (κ3) is 7.59. The summed E-state index contributed by atoms with van der Waals surface area (Å²) in [7, 11) is 0. The second-order valence-electron chi connectivity index (χ2n) is 13.9. The summed E-state index contributed by atoms with van der Waals surface area (Å²) in [6.45, 7) is 7.76. The number of fused-ring (bicyclic) bond motifs is 2. The molecule has 3 fully saturated rings. The van der Waals surface area contributed by atoms with Gasteiger partial charge in [-0.3, -0.25) is 9.58 Å². The molecule has 1 saturated carbocycles. The Morgan fingerprint density at radius 3 is 2.42 bits per heavy atom. The zero-order valence-electron chi connectivity index (χ0n) is 27.7. The first-order chi connectivity index (χ1) is 23.2. The number of anilines is 2. The first kappa shape index (κ1) is 32.8. The van der Waals surface area contributed by atoms with E-state index in [2.05, 4.69) is 30.3 Å². The van der Waals surface area contributed by atoms with Gasteiger partial charge in [0.2, 0.25) is 5.95 Å². The highest BCUT2D eigenvalue weighted by Crippen LogP contribution is 2.40. The normalized spacial score (nSPS) is 23.6. The van der Waals surface area contributed by atoms with E-state index >= 15 is 0 Å². The van der Waals surface area contributed by atoms with Crippen LogP contribution in [-0.4, -0.2) is 94.2 Å². The van der Waals surface area contributed by atoms with E-state index in [1.165, 1.54) is 19.2 Å². The van der Waals surface area contributed by atoms with Crippen LogP contribution in [-0.2, 0) is 11.3 Å². The largest absolute Gasteiger partial charge is 0.487 e. The molecule has 1 aromatic carbocycles. The summed E-state index contributed by atoms with van der Waals surface area (Å²) in [6.07, 6.45) is 15.3. The number of hydrogen-bond donors (Lipinski definition) is 2. The van der Waals surface area contributed by atoms with Crippen molar-refractivity contribution < 1.29 is 19.3 Å². The number of benzene rings is 1. The van der Waals surface area contributed by atoms with E-state index in [1.807, 2.05) is 29.9 Å². The molecule has 5 heterocycles. The fraction of sp³-hybridized carbons (Fsp3) is 0.559. The van der Waals surface area contributed by atoms with E-state index in [0.717, 1.165) is 50.0 Å². The summed E-state index contributed by atoms with van der Waals surface area (Å²) in [5.41, 5.74) is 1.33. The standard InChI is InChI=1S/C34H44ClN9O4/c1-22(15-42-21-36-20-39-42)48-31-12-23(4-11-29(31)35)24-13-37-33(38-14-24)40-30-16-43(41-32(30)47-19-34(2,3)45)25-5-7-26(8-6-25)44-27-9-10-28(44)18-46-17-27/h4,11-14,16,20-22,25-28,45H,5-10,15,17-19H2,1-3H3,(H,37,38,40)/t22-,25?,26?,27-,28+/m0/s1. The van der Waals surface area contributed by atoms with Crippen molar-refractivity contribution in [1.82, 2.24) is 39.4 Å². The van der Waals surface area contributed by atoms with E-state index in [-0.39, 0.29) is 18.8 Å². The highest BCUT2D eigenvalue weighted by Gasteiger charge is 2.42. The molecule has 2 saturated heterocycles. The molecule has 2 bridgehead atoms. The Balaban J connectivity index is 1.03. The quantitative estimate of drug-likeness (QED) is 0.202. The molecule has 3 aliphatic rings. The topological polar surface area (TPSA) is 138 Å². The van der Waals surface area contributed by atoms with Gasteiger partial charge in [0.15, 0.2) is 0 Å². The number of nitrogens with zero attached hydrogens (tertiary/aromatic N) is 8. The van der Waals surface area contributed by atoms with E-state index in [9.17, 15) is 5.11 Å². The third-order valence-corrected chi connectivity index (χ3v) is 9.73. The third-order valence-electron chi connectivity index (χ3n) is 9.42. The molecular formula is C34H44ClN9O4. The number of halogens is 1. The lowest BCUT2D eigenvalue weighted by molar-refractivity contribution is -0.0458. The van der Waals surface area contributed by atoms with Crippen molar-refractivity contribution in [3.8, 4) is 22.8 Å². The van der Waals surface area contributed by atoms with Crippen molar-refractivity contribution in [1.29, 1.82) is 0 Å². The Bertz CT molecular complexity index is 1640. The van der Waals surface area contributed by atoms with E-state index in [1.54, 1.807) is 43.3 Å². The molecule has 2 N–H and O–H groups in total. The van der Waals surface area contributed by atoms with Crippen LogP contribution in [0.4, 0.5) is 11.6 Å². The van der Waals surface area contributed by atoms with Crippen LogP contribution in [0.1, 0.15) is 65.3 Å².